The fourth-order valence-electron chi connectivity index (χ4n) is 4.08. The number of benzene rings is 1. The van der Waals surface area contributed by atoms with Crippen LogP contribution in [0.15, 0.2) is 29.8 Å². The summed E-state index contributed by atoms with van der Waals surface area (Å²) in [6.45, 7) is 6.70. The predicted molar refractivity (Wildman–Crippen MR) is 134 cm³/mol. The molecule has 5 heteroatoms. The van der Waals surface area contributed by atoms with Gasteiger partial charge in [-0.25, -0.2) is 0 Å². The van der Waals surface area contributed by atoms with Crippen LogP contribution in [0.4, 0.5) is 0 Å². The van der Waals surface area contributed by atoms with Crippen LogP contribution in [0.1, 0.15) is 69.5 Å². The van der Waals surface area contributed by atoms with E-state index in [1.807, 2.05) is 12.1 Å². The van der Waals surface area contributed by atoms with Crippen LogP contribution in [-0.2, 0) is 11.3 Å². The summed E-state index contributed by atoms with van der Waals surface area (Å²) in [5.74, 6) is -0.278. The van der Waals surface area contributed by atoms with Crippen molar-refractivity contribution in [2.75, 3.05) is 27.2 Å². The fraction of sp³-hybridized carbons (Fsp3) is 0.556. The Morgan fingerprint density at radius 3 is 2.41 bits per heavy atom. The van der Waals surface area contributed by atoms with Crippen molar-refractivity contribution in [1.82, 2.24) is 14.8 Å². The van der Waals surface area contributed by atoms with Gasteiger partial charge in [-0.05, 0) is 39.6 Å². The molecule has 0 fully saturated rings. The normalized spacial score (nSPS) is 11.8. The molecule has 2 aromatic rings. The quantitative estimate of drug-likeness (QED) is 0.236. The van der Waals surface area contributed by atoms with E-state index in [0.29, 0.717) is 6.54 Å². The average molecular weight is 437 g/mol. The van der Waals surface area contributed by atoms with Gasteiger partial charge in [-0.2, -0.15) is 5.26 Å². The first-order valence-corrected chi connectivity index (χ1v) is 12.1. The van der Waals surface area contributed by atoms with Gasteiger partial charge in [0.1, 0.15) is 11.6 Å². The smallest absolute Gasteiger partial charge is 0.261 e. The lowest BCUT2D eigenvalue weighted by Gasteiger charge is -2.13. The van der Waals surface area contributed by atoms with Crippen LogP contribution < -0.4 is 5.32 Å². The molecule has 2 rings (SSSR count). The van der Waals surface area contributed by atoms with Gasteiger partial charge in [-0.1, -0.05) is 70.1 Å². The Bertz CT molecular complexity index is 933. The first kappa shape index (κ1) is 25.7. The standard InChI is InChI=1S/C27H40N4O/c1-5-6-7-8-9-10-11-14-17-29-27(32)23(21-28)20-25-22(2)31(19-18-30(3)4)26-16-13-12-15-24(25)26/h12-13,15-16,20H,5-11,14,17-19H2,1-4H3,(H,29,32)/b23-20+. The molecular weight excluding hydrogens is 396 g/mol. The molecule has 1 aromatic heterocycles. The highest BCUT2D eigenvalue weighted by molar-refractivity contribution is 6.04. The van der Waals surface area contributed by atoms with Crippen LogP contribution in [0.2, 0.25) is 0 Å². The molecule has 0 aliphatic carbocycles. The zero-order valence-corrected chi connectivity index (χ0v) is 20.4. The Morgan fingerprint density at radius 2 is 1.75 bits per heavy atom. The molecule has 1 aromatic carbocycles. The molecule has 5 nitrogen and oxygen atoms in total. The maximum atomic E-state index is 12.6. The van der Waals surface area contributed by atoms with Gasteiger partial charge in [-0.15, -0.1) is 0 Å². The van der Waals surface area contributed by atoms with Gasteiger partial charge in [0.25, 0.3) is 5.91 Å². The van der Waals surface area contributed by atoms with E-state index < -0.39 is 0 Å². The minimum Gasteiger partial charge on any atom is -0.351 e. The van der Waals surface area contributed by atoms with E-state index >= 15 is 0 Å². The summed E-state index contributed by atoms with van der Waals surface area (Å²) in [6.07, 6.45) is 11.6. The second kappa shape index (κ2) is 13.8. The molecule has 174 valence electrons. The Hall–Kier alpha value is -2.58. The molecule has 1 heterocycles. The molecule has 0 atom stereocenters. The third-order valence-electron chi connectivity index (χ3n) is 6.02. The van der Waals surface area contributed by atoms with Gasteiger partial charge in [0.2, 0.25) is 0 Å². The number of nitriles is 1. The summed E-state index contributed by atoms with van der Waals surface area (Å²) < 4.78 is 2.27. The minimum atomic E-state index is -0.278. The van der Waals surface area contributed by atoms with Gasteiger partial charge in [0, 0.05) is 41.8 Å². The summed E-state index contributed by atoms with van der Waals surface area (Å²) >= 11 is 0. The number of nitrogens with zero attached hydrogens (tertiary/aromatic N) is 3. The van der Waals surface area contributed by atoms with E-state index in [0.717, 1.165) is 48.1 Å². The molecule has 1 N–H and O–H groups in total. The van der Waals surface area contributed by atoms with E-state index in [9.17, 15) is 10.1 Å². The average Bonchev–Trinajstić information content (AvgIpc) is 3.05. The monoisotopic (exact) mass is 436 g/mol. The van der Waals surface area contributed by atoms with Gasteiger partial charge in [-0.3, -0.25) is 4.79 Å². The minimum absolute atomic E-state index is 0.170. The van der Waals surface area contributed by atoms with Crippen molar-refractivity contribution in [3.05, 3.63) is 41.1 Å². The molecule has 32 heavy (non-hydrogen) atoms. The number of likely N-dealkylation sites (N-methyl/N-ethyl adjacent to an activating group) is 1. The van der Waals surface area contributed by atoms with Crippen LogP contribution in [0.5, 0.6) is 0 Å². The zero-order valence-electron chi connectivity index (χ0n) is 20.4. The first-order valence-electron chi connectivity index (χ1n) is 12.1. The van der Waals surface area contributed by atoms with E-state index in [1.165, 1.54) is 38.5 Å². The maximum absolute atomic E-state index is 12.6. The highest BCUT2D eigenvalue weighted by Gasteiger charge is 2.15. The van der Waals surface area contributed by atoms with Gasteiger partial charge in [0.05, 0.1) is 0 Å². The number of aromatic nitrogens is 1. The molecule has 0 spiro atoms. The van der Waals surface area contributed by atoms with Crippen molar-refractivity contribution in [2.45, 2.75) is 71.8 Å². The van der Waals surface area contributed by atoms with Crippen molar-refractivity contribution in [2.24, 2.45) is 0 Å². The number of fused-ring (bicyclic) bond motifs is 1. The van der Waals surface area contributed by atoms with E-state index in [-0.39, 0.29) is 11.5 Å². The number of hydrogen-bond donors (Lipinski definition) is 1. The van der Waals surface area contributed by atoms with E-state index in [4.69, 9.17) is 0 Å². The number of rotatable bonds is 14. The van der Waals surface area contributed by atoms with Crippen LogP contribution in [-0.4, -0.2) is 42.6 Å². The number of hydrogen-bond acceptors (Lipinski definition) is 3. The molecule has 0 radical (unpaired) electrons. The fourth-order valence-corrected chi connectivity index (χ4v) is 4.08. The molecule has 0 aliphatic rings. The molecule has 0 bridgehead atoms. The summed E-state index contributed by atoms with van der Waals surface area (Å²) in [7, 11) is 4.12. The maximum Gasteiger partial charge on any atom is 0.261 e. The lowest BCUT2D eigenvalue weighted by atomic mass is 10.1. The Morgan fingerprint density at radius 1 is 1.09 bits per heavy atom. The lowest BCUT2D eigenvalue weighted by Crippen LogP contribution is -2.25. The number of carbonyl (C=O) groups is 1. The number of nitrogens with one attached hydrogen (secondary N) is 1. The van der Waals surface area contributed by atoms with Crippen LogP contribution >= 0.6 is 0 Å². The van der Waals surface area contributed by atoms with Gasteiger partial charge in [0.15, 0.2) is 0 Å². The third kappa shape index (κ3) is 7.53. The predicted octanol–water partition coefficient (Wildman–Crippen LogP) is 5.68. The summed E-state index contributed by atoms with van der Waals surface area (Å²) in [5.41, 5.74) is 3.34. The van der Waals surface area contributed by atoms with Crippen molar-refractivity contribution in [3.8, 4) is 6.07 Å². The first-order chi connectivity index (χ1) is 15.5. The second-order valence-electron chi connectivity index (χ2n) is 8.87. The van der Waals surface area contributed by atoms with E-state index in [1.54, 1.807) is 6.08 Å². The molecule has 0 aliphatic heterocycles. The Labute approximate surface area is 194 Å². The molecular formula is C27H40N4O. The summed E-state index contributed by atoms with van der Waals surface area (Å²) in [5, 5.41) is 13.7. The number of unbranched alkanes of at least 4 members (excludes halogenated alkanes) is 7. The zero-order chi connectivity index (χ0) is 23.3. The second-order valence-corrected chi connectivity index (χ2v) is 8.87. The summed E-state index contributed by atoms with van der Waals surface area (Å²) in [6, 6.07) is 10.3. The summed E-state index contributed by atoms with van der Waals surface area (Å²) in [4.78, 5) is 14.8. The topological polar surface area (TPSA) is 61.1 Å². The van der Waals surface area contributed by atoms with Gasteiger partial charge < -0.3 is 14.8 Å². The van der Waals surface area contributed by atoms with Crippen molar-refractivity contribution in [3.63, 3.8) is 0 Å². The Balaban J connectivity index is 2.01. The third-order valence-corrected chi connectivity index (χ3v) is 6.02. The van der Waals surface area contributed by atoms with Crippen LogP contribution in [0.25, 0.3) is 17.0 Å². The van der Waals surface area contributed by atoms with Crippen molar-refractivity contribution in [1.29, 1.82) is 5.26 Å². The number of amides is 1. The molecule has 1 amide bonds. The molecule has 0 unspecified atom stereocenters. The highest BCUT2D eigenvalue weighted by Crippen LogP contribution is 2.28. The lowest BCUT2D eigenvalue weighted by molar-refractivity contribution is -0.117. The van der Waals surface area contributed by atoms with Crippen molar-refractivity contribution < 1.29 is 4.79 Å². The largest absolute Gasteiger partial charge is 0.351 e. The molecule has 0 saturated carbocycles. The number of para-hydroxylation sites is 1. The van der Waals surface area contributed by atoms with Crippen LogP contribution in [0, 0.1) is 18.3 Å². The van der Waals surface area contributed by atoms with Gasteiger partial charge >= 0.3 is 0 Å². The highest BCUT2D eigenvalue weighted by atomic mass is 16.1. The number of carbonyl (C=O) groups excluding carboxylic acids is 1. The SMILES string of the molecule is CCCCCCCCCCNC(=O)/C(C#N)=C/c1c(C)n(CCN(C)C)c2ccccc12. The Kier molecular flexibility index (Phi) is 11.0. The van der Waals surface area contributed by atoms with Crippen molar-refractivity contribution >= 4 is 22.9 Å². The van der Waals surface area contributed by atoms with E-state index in [2.05, 4.69) is 60.9 Å². The molecule has 0 saturated heterocycles. The van der Waals surface area contributed by atoms with Crippen LogP contribution in [0.3, 0.4) is 0 Å².